The summed E-state index contributed by atoms with van der Waals surface area (Å²) in [7, 11) is 0. The smallest absolute Gasteiger partial charge is 0.191 e. The SMILES string of the molecule is CCNC(=NCCCOC1CCOC1)NCCCC(C)(C)C.I. The molecular weight excluding hydrogens is 405 g/mol. The van der Waals surface area contributed by atoms with Gasteiger partial charge in [-0.25, -0.2) is 0 Å². The quantitative estimate of drug-likeness (QED) is 0.250. The number of guanidine groups is 1. The molecule has 0 aromatic heterocycles. The van der Waals surface area contributed by atoms with Gasteiger partial charge in [-0.15, -0.1) is 24.0 Å². The summed E-state index contributed by atoms with van der Waals surface area (Å²) in [5, 5.41) is 6.69. The van der Waals surface area contributed by atoms with Crippen LogP contribution in [0.5, 0.6) is 0 Å². The third-order valence-electron chi connectivity index (χ3n) is 3.55. The highest BCUT2D eigenvalue weighted by Gasteiger charge is 2.15. The van der Waals surface area contributed by atoms with Crippen LogP contribution >= 0.6 is 24.0 Å². The van der Waals surface area contributed by atoms with Gasteiger partial charge >= 0.3 is 0 Å². The molecule has 0 spiro atoms. The Morgan fingerprint density at radius 3 is 2.65 bits per heavy atom. The van der Waals surface area contributed by atoms with Gasteiger partial charge in [0.2, 0.25) is 0 Å². The minimum absolute atomic E-state index is 0. The summed E-state index contributed by atoms with van der Waals surface area (Å²) in [5.74, 6) is 0.917. The zero-order valence-corrected chi connectivity index (χ0v) is 17.7. The van der Waals surface area contributed by atoms with Gasteiger partial charge in [-0.05, 0) is 38.0 Å². The maximum Gasteiger partial charge on any atom is 0.191 e. The number of nitrogens with zero attached hydrogens (tertiary/aromatic N) is 1. The molecule has 0 saturated carbocycles. The van der Waals surface area contributed by atoms with Crippen LogP contribution in [0.25, 0.3) is 0 Å². The van der Waals surface area contributed by atoms with Gasteiger partial charge in [0.1, 0.15) is 0 Å². The van der Waals surface area contributed by atoms with Crippen molar-refractivity contribution < 1.29 is 9.47 Å². The van der Waals surface area contributed by atoms with Crippen LogP contribution in [0.3, 0.4) is 0 Å². The lowest BCUT2D eigenvalue weighted by Gasteiger charge is -2.18. The Kier molecular flexibility index (Phi) is 13.2. The lowest BCUT2D eigenvalue weighted by atomic mass is 9.91. The van der Waals surface area contributed by atoms with E-state index in [0.717, 1.165) is 58.3 Å². The number of nitrogens with one attached hydrogen (secondary N) is 2. The van der Waals surface area contributed by atoms with Crippen LogP contribution in [-0.4, -0.2) is 51.5 Å². The van der Waals surface area contributed by atoms with Crippen LogP contribution in [0, 0.1) is 5.41 Å². The van der Waals surface area contributed by atoms with Crippen molar-refractivity contribution in [3.8, 4) is 0 Å². The van der Waals surface area contributed by atoms with Crippen molar-refractivity contribution in [1.82, 2.24) is 10.6 Å². The Morgan fingerprint density at radius 2 is 2.04 bits per heavy atom. The molecule has 1 atom stereocenters. The second-order valence-electron chi connectivity index (χ2n) is 7.06. The maximum absolute atomic E-state index is 5.75. The zero-order valence-electron chi connectivity index (χ0n) is 15.3. The summed E-state index contributed by atoms with van der Waals surface area (Å²) in [6.07, 6.45) is 4.67. The summed E-state index contributed by atoms with van der Waals surface area (Å²) in [5.41, 5.74) is 0.401. The van der Waals surface area contributed by atoms with E-state index in [9.17, 15) is 0 Å². The fourth-order valence-corrected chi connectivity index (χ4v) is 2.32. The first kappa shape index (κ1) is 22.9. The van der Waals surface area contributed by atoms with E-state index in [1.54, 1.807) is 0 Å². The lowest BCUT2D eigenvalue weighted by molar-refractivity contribution is 0.0424. The molecular formula is C17H36IN3O2. The van der Waals surface area contributed by atoms with Crippen LogP contribution < -0.4 is 10.6 Å². The maximum atomic E-state index is 5.75. The Balaban J connectivity index is 0.00000484. The molecule has 0 aliphatic carbocycles. The molecule has 1 aliphatic rings. The van der Waals surface area contributed by atoms with Crippen molar-refractivity contribution in [3.05, 3.63) is 0 Å². The molecule has 0 aromatic rings. The van der Waals surface area contributed by atoms with Crippen molar-refractivity contribution in [1.29, 1.82) is 0 Å². The molecule has 1 saturated heterocycles. The Hall–Kier alpha value is -0.0800. The highest BCUT2D eigenvalue weighted by Crippen LogP contribution is 2.19. The third kappa shape index (κ3) is 12.9. The second-order valence-corrected chi connectivity index (χ2v) is 7.06. The number of aliphatic imine (C=N–C) groups is 1. The predicted octanol–water partition coefficient (Wildman–Crippen LogP) is 3.18. The molecule has 6 heteroatoms. The molecule has 1 unspecified atom stereocenters. The molecule has 1 aliphatic heterocycles. The molecule has 1 fully saturated rings. The van der Waals surface area contributed by atoms with Gasteiger partial charge in [0.05, 0.1) is 12.7 Å². The van der Waals surface area contributed by atoms with Crippen molar-refractivity contribution in [3.63, 3.8) is 0 Å². The van der Waals surface area contributed by atoms with Gasteiger partial charge in [0.25, 0.3) is 0 Å². The van der Waals surface area contributed by atoms with Crippen LogP contribution in [0.1, 0.15) is 53.4 Å². The van der Waals surface area contributed by atoms with E-state index in [-0.39, 0.29) is 24.0 Å². The fraction of sp³-hybridized carbons (Fsp3) is 0.941. The third-order valence-corrected chi connectivity index (χ3v) is 3.55. The molecule has 1 heterocycles. The monoisotopic (exact) mass is 441 g/mol. The van der Waals surface area contributed by atoms with E-state index in [2.05, 4.69) is 43.3 Å². The average Bonchev–Trinajstić information content (AvgIpc) is 2.95. The molecule has 5 nitrogen and oxygen atoms in total. The van der Waals surface area contributed by atoms with E-state index in [4.69, 9.17) is 9.47 Å². The van der Waals surface area contributed by atoms with Crippen LogP contribution in [0.2, 0.25) is 0 Å². The summed E-state index contributed by atoms with van der Waals surface area (Å²) >= 11 is 0. The van der Waals surface area contributed by atoms with Gasteiger partial charge in [-0.3, -0.25) is 4.99 Å². The van der Waals surface area contributed by atoms with Crippen molar-refractivity contribution in [2.75, 3.05) is 39.5 Å². The number of halogens is 1. The summed E-state index contributed by atoms with van der Waals surface area (Å²) in [4.78, 5) is 4.59. The van der Waals surface area contributed by atoms with E-state index in [0.29, 0.717) is 11.5 Å². The molecule has 0 aromatic carbocycles. The zero-order chi connectivity index (χ0) is 16.3. The topological polar surface area (TPSA) is 54.9 Å². The molecule has 1 rings (SSSR count). The highest BCUT2D eigenvalue weighted by atomic mass is 127. The summed E-state index contributed by atoms with van der Waals surface area (Å²) in [6, 6.07) is 0. The molecule has 0 amide bonds. The lowest BCUT2D eigenvalue weighted by Crippen LogP contribution is -2.38. The standard InChI is InChI=1S/C17H35N3O2.HI/c1-5-18-16(19-10-6-9-17(2,3)4)20-11-7-12-22-15-8-13-21-14-15;/h15H,5-14H2,1-4H3,(H2,18,19,20);1H. The fourth-order valence-electron chi connectivity index (χ4n) is 2.32. The first-order valence-corrected chi connectivity index (χ1v) is 8.73. The minimum atomic E-state index is 0. The molecule has 2 N–H and O–H groups in total. The van der Waals surface area contributed by atoms with Gasteiger partial charge < -0.3 is 20.1 Å². The van der Waals surface area contributed by atoms with Gasteiger partial charge in [-0.2, -0.15) is 0 Å². The van der Waals surface area contributed by atoms with E-state index in [1.165, 1.54) is 12.8 Å². The van der Waals surface area contributed by atoms with Crippen molar-refractivity contribution in [2.24, 2.45) is 10.4 Å². The van der Waals surface area contributed by atoms with Gasteiger partial charge in [0, 0.05) is 32.8 Å². The summed E-state index contributed by atoms with van der Waals surface area (Å²) in [6.45, 7) is 13.9. The van der Waals surface area contributed by atoms with Gasteiger partial charge in [-0.1, -0.05) is 20.8 Å². The number of rotatable bonds is 9. The van der Waals surface area contributed by atoms with Gasteiger partial charge in [0.15, 0.2) is 5.96 Å². The molecule has 138 valence electrons. The summed E-state index contributed by atoms with van der Waals surface area (Å²) < 4.78 is 11.0. The van der Waals surface area contributed by atoms with E-state index >= 15 is 0 Å². The molecule has 0 radical (unpaired) electrons. The first-order chi connectivity index (χ1) is 10.5. The van der Waals surface area contributed by atoms with Crippen molar-refractivity contribution >= 4 is 29.9 Å². The van der Waals surface area contributed by atoms with E-state index in [1.807, 2.05) is 0 Å². The number of hydrogen-bond donors (Lipinski definition) is 2. The molecule has 23 heavy (non-hydrogen) atoms. The Morgan fingerprint density at radius 1 is 1.26 bits per heavy atom. The Bertz CT molecular complexity index is 313. The second kappa shape index (κ2) is 13.2. The molecule has 0 bridgehead atoms. The largest absolute Gasteiger partial charge is 0.379 e. The van der Waals surface area contributed by atoms with Crippen LogP contribution in [-0.2, 0) is 9.47 Å². The normalized spacial score (nSPS) is 18.6. The van der Waals surface area contributed by atoms with Crippen LogP contribution in [0.4, 0.5) is 0 Å². The first-order valence-electron chi connectivity index (χ1n) is 8.73. The predicted molar refractivity (Wildman–Crippen MR) is 108 cm³/mol. The van der Waals surface area contributed by atoms with Crippen molar-refractivity contribution in [2.45, 2.75) is 59.5 Å². The number of ether oxygens (including phenoxy) is 2. The Labute approximate surface area is 159 Å². The van der Waals surface area contributed by atoms with E-state index < -0.39 is 0 Å². The van der Waals surface area contributed by atoms with Crippen LogP contribution in [0.15, 0.2) is 4.99 Å². The highest BCUT2D eigenvalue weighted by molar-refractivity contribution is 14.0. The average molecular weight is 441 g/mol. The number of hydrogen-bond acceptors (Lipinski definition) is 3. The minimum Gasteiger partial charge on any atom is -0.379 e.